The largest absolute Gasteiger partial charge is 0.379 e. The summed E-state index contributed by atoms with van der Waals surface area (Å²) < 4.78 is 7.15. The van der Waals surface area contributed by atoms with Crippen molar-refractivity contribution in [1.29, 1.82) is 0 Å². The van der Waals surface area contributed by atoms with Gasteiger partial charge in [0.15, 0.2) is 0 Å². The highest BCUT2D eigenvalue weighted by Crippen LogP contribution is 2.18. The Labute approximate surface area is 176 Å². The second kappa shape index (κ2) is 10.7. The summed E-state index contributed by atoms with van der Waals surface area (Å²) in [6.07, 6.45) is 3.18. The van der Waals surface area contributed by atoms with Gasteiger partial charge in [0.25, 0.3) is 0 Å². The Morgan fingerprint density at radius 2 is 1.87 bits per heavy atom. The second-order valence-corrected chi connectivity index (χ2v) is 7.19. The van der Waals surface area contributed by atoms with Crippen molar-refractivity contribution in [2.24, 2.45) is 0 Å². The number of para-hydroxylation sites is 1. The quantitative estimate of drug-likeness (QED) is 0.635. The summed E-state index contributed by atoms with van der Waals surface area (Å²) in [5, 5.41) is 10.0. The Morgan fingerprint density at radius 3 is 2.60 bits per heavy atom. The van der Waals surface area contributed by atoms with E-state index in [-0.39, 0.29) is 18.4 Å². The summed E-state index contributed by atoms with van der Waals surface area (Å²) in [7, 11) is 0. The number of ether oxygens (including phenoxy) is 1. The Hall–Kier alpha value is -2.97. The van der Waals surface area contributed by atoms with Crippen molar-refractivity contribution in [3.8, 4) is 5.69 Å². The van der Waals surface area contributed by atoms with E-state index >= 15 is 0 Å². The van der Waals surface area contributed by atoms with E-state index < -0.39 is 0 Å². The third-order valence-electron chi connectivity index (χ3n) is 5.03. The SMILES string of the molecule is Cc1nn(-c2ccccc2)c(C)c1C=CC(=O)NCC(=O)NCCN1CCOCC1. The zero-order valence-corrected chi connectivity index (χ0v) is 17.6. The van der Waals surface area contributed by atoms with Gasteiger partial charge < -0.3 is 15.4 Å². The molecule has 8 nitrogen and oxygen atoms in total. The molecule has 3 rings (SSSR count). The zero-order chi connectivity index (χ0) is 21.3. The van der Waals surface area contributed by atoms with Crippen LogP contribution in [-0.4, -0.2) is 72.4 Å². The maximum Gasteiger partial charge on any atom is 0.244 e. The van der Waals surface area contributed by atoms with Crippen LogP contribution in [0.15, 0.2) is 36.4 Å². The monoisotopic (exact) mass is 411 g/mol. The van der Waals surface area contributed by atoms with Crippen LogP contribution in [0.2, 0.25) is 0 Å². The summed E-state index contributed by atoms with van der Waals surface area (Å²) in [6, 6.07) is 9.84. The fourth-order valence-electron chi connectivity index (χ4n) is 3.34. The molecular weight excluding hydrogens is 382 g/mol. The highest BCUT2D eigenvalue weighted by molar-refractivity contribution is 5.94. The lowest BCUT2D eigenvalue weighted by molar-refractivity contribution is -0.124. The maximum atomic E-state index is 12.1. The smallest absolute Gasteiger partial charge is 0.244 e. The van der Waals surface area contributed by atoms with Crippen LogP contribution in [0.5, 0.6) is 0 Å². The van der Waals surface area contributed by atoms with Crippen LogP contribution < -0.4 is 10.6 Å². The lowest BCUT2D eigenvalue weighted by Crippen LogP contribution is -2.43. The van der Waals surface area contributed by atoms with E-state index in [1.54, 1.807) is 6.08 Å². The van der Waals surface area contributed by atoms with Gasteiger partial charge in [0, 0.05) is 43.5 Å². The number of aryl methyl sites for hydroxylation is 1. The fourth-order valence-corrected chi connectivity index (χ4v) is 3.34. The number of benzene rings is 1. The molecule has 1 aromatic carbocycles. The maximum absolute atomic E-state index is 12.1. The molecule has 160 valence electrons. The Kier molecular flexibility index (Phi) is 7.75. The van der Waals surface area contributed by atoms with Crippen LogP contribution >= 0.6 is 0 Å². The highest BCUT2D eigenvalue weighted by Gasteiger charge is 2.12. The average molecular weight is 412 g/mol. The predicted octanol–water partition coefficient (Wildman–Crippen LogP) is 1.07. The van der Waals surface area contributed by atoms with Gasteiger partial charge in [-0.25, -0.2) is 4.68 Å². The van der Waals surface area contributed by atoms with Crippen molar-refractivity contribution >= 4 is 17.9 Å². The minimum Gasteiger partial charge on any atom is -0.379 e. The standard InChI is InChI=1S/C22H29N5O3/c1-17-20(18(2)27(25-17)19-6-4-3-5-7-19)8-9-21(28)24-16-22(29)23-10-11-26-12-14-30-15-13-26/h3-9H,10-16H2,1-2H3,(H,23,29)(H,24,28). The van der Waals surface area contributed by atoms with Crippen LogP contribution in [0.1, 0.15) is 17.0 Å². The summed E-state index contributed by atoms with van der Waals surface area (Å²) in [5.74, 6) is -0.515. The van der Waals surface area contributed by atoms with Gasteiger partial charge in [-0.3, -0.25) is 14.5 Å². The molecule has 0 atom stereocenters. The van der Waals surface area contributed by atoms with Crippen molar-refractivity contribution in [1.82, 2.24) is 25.3 Å². The first-order valence-electron chi connectivity index (χ1n) is 10.2. The van der Waals surface area contributed by atoms with E-state index in [0.29, 0.717) is 6.54 Å². The normalized spacial score (nSPS) is 14.7. The number of morpholine rings is 1. The molecule has 2 N–H and O–H groups in total. The summed E-state index contributed by atoms with van der Waals surface area (Å²) >= 11 is 0. The van der Waals surface area contributed by atoms with Crippen molar-refractivity contribution in [3.63, 3.8) is 0 Å². The topological polar surface area (TPSA) is 88.5 Å². The molecule has 1 aliphatic heterocycles. The van der Waals surface area contributed by atoms with Crippen molar-refractivity contribution in [3.05, 3.63) is 53.4 Å². The molecule has 2 aromatic rings. The molecule has 0 radical (unpaired) electrons. The molecular formula is C22H29N5O3. The molecule has 1 saturated heterocycles. The van der Waals surface area contributed by atoms with Gasteiger partial charge in [-0.2, -0.15) is 5.10 Å². The number of rotatable bonds is 8. The third-order valence-corrected chi connectivity index (χ3v) is 5.03. The minimum atomic E-state index is -0.315. The molecule has 8 heteroatoms. The van der Waals surface area contributed by atoms with E-state index in [9.17, 15) is 9.59 Å². The van der Waals surface area contributed by atoms with Crippen LogP contribution in [0.3, 0.4) is 0 Å². The molecule has 2 amide bonds. The summed E-state index contributed by atoms with van der Waals surface area (Å²) in [6.45, 7) is 8.41. The van der Waals surface area contributed by atoms with Crippen molar-refractivity contribution in [2.45, 2.75) is 13.8 Å². The lowest BCUT2D eigenvalue weighted by atomic mass is 10.2. The first-order chi connectivity index (χ1) is 14.5. The van der Waals surface area contributed by atoms with Gasteiger partial charge in [-0.05, 0) is 32.1 Å². The molecule has 0 aliphatic carbocycles. The van der Waals surface area contributed by atoms with E-state index in [4.69, 9.17) is 4.74 Å². The number of amides is 2. The number of nitrogens with one attached hydrogen (secondary N) is 2. The third kappa shape index (κ3) is 6.01. The van der Waals surface area contributed by atoms with Crippen LogP contribution in [-0.2, 0) is 14.3 Å². The first-order valence-corrected chi connectivity index (χ1v) is 10.2. The van der Waals surface area contributed by atoms with Gasteiger partial charge in [0.2, 0.25) is 11.8 Å². The number of carbonyl (C=O) groups is 2. The molecule has 1 aromatic heterocycles. The molecule has 1 aliphatic rings. The highest BCUT2D eigenvalue weighted by atomic mass is 16.5. The second-order valence-electron chi connectivity index (χ2n) is 7.19. The zero-order valence-electron chi connectivity index (χ0n) is 17.6. The number of aromatic nitrogens is 2. The molecule has 0 bridgehead atoms. The number of hydrogen-bond donors (Lipinski definition) is 2. The number of carbonyl (C=O) groups excluding carboxylic acids is 2. The Bertz CT molecular complexity index is 886. The van der Waals surface area contributed by atoms with Gasteiger partial charge in [-0.15, -0.1) is 0 Å². The first kappa shape index (κ1) is 21.7. The molecule has 2 heterocycles. The minimum absolute atomic E-state index is 0.0481. The number of nitrogens with zero attached hydrogens (tertiary/aromatic N) is 3. The summed E-state index contributed by atoms with van der Waals surface area (Å²) in [5.41, 5.74) is 3.64. The van der Waals surface area contributed by atoms with Gasteiger partial charge >= 0.3 is 0 Å². The van der Waals surface area contributed by atoms with Crippen LogP contribution in [0.25, 0.3) is 11.8 Å². The Morgan fingerprint density at radius 1 is 1.13 bits per heavy atom. The molecule has 0 unspecified atom stereocenters. The van der Waals surface area contributed by atoms with E-state index in [2.05, 4.69) is 20.6 Å². The van der Waals surface area contributed by atoms with Gasteiger partial charge in [-0.1, -0.05) is 18.2 Å². The van der Waals surface area contributed by atoms with Crippen molar-refractivity contribution in [2.75, 3.05) is 45.9 Å². The number of hydrogen-bond acceptors (Lipinski definition) is 5. The van der Waals surface area contributed by atoms with E-state index in [1.807, 2.05) is 48.9 Å². The van der Waals surface area contributed by atoms with Crippen LogP contribution in [0, 0.1) is 13.8 Å². The fraction of sp³-hybridized carbons (Fsp3) is 0.409. The van der Waals surface area contributed by atoms with Crippen molar-refractivity contribution < 1.29 is 14.3 Å². The van der Waals surface area contributed by atoms with Crippen LogP contribution in [0.4, 0.5) is 0 Å². The molecule has 1 fully saturated rings. The molecule has 0 spiro atoms. The van der Waals surface area contributed by atoms with Gasteiger partial charge in [0.05, 0.1) is 31.1 Å². The van der Waals surface area contributed by atoms with E-state index in [1.165, 1.54) is 6.08 Å². The average Bonchev–Trinajstić information content (AvgIpc) is 3.05. The van der Waals surface area contributed by atoms with E-state index in [0.717, 1.165) is 55.5 Å². The molecule has 0 saturated carbocycles. The Balaban J connectivity index is 1.45. The van der Waals surface area contributed by atoms with Gasteiger partial charge in [0.1, 0.15) is 0 Å². The summed E-state index contributed by atoms with van der Waals surface area (Å²) in [4.78, 5) is 26.3. The molecule has 30 heavy (non-hydrogen) atoms. The predicted molar refractivity (Wildman–Crippen MR) is 115 cm³/mol. The lowest BCUT2D eigenvalue weighted by Gasteiger charge is -2.26.